The number of carbonyl (C=O) groups excluding carboxylic acids is 1. The molecule has 0 spiro atoms. The van der Waals surface area contributed by atoms with Gasteiger partial charge in [-0.15, -0.1) is 0 Å². The fourth-order valence-electron chi connectivity index (χ4n) is 0.810. The molecule has 0 aromatic rings. The molecule has 10 heavy (non-hydrogen) atoms. The van der Waals surface area contributed by atoms with Gasteiger partial charge in [-0.2, -0.15) is 0 Å². The Balaban J connectivity index is 2.63. The minimum Gasteiger partial charge on any atom is -0.426 e. The highest BCUT2D eigenvalue weighted by Gasteiger charge is 2.17. The van der Waals surface area contributed by atoms with Crippen molar-refractivity contribution in [1.82, 2.24) is 0 Å². The van der Waals surface area contributed by atoms with Crippen molar-refractivity contribution < 1.29 is 14.3 Å². The van der Waals surface area contributed by atoms with Crippen molar-refractivity contribution in [1.29, 1.82) is 0 Å². The first-order valence-electron chi connectivity index (χ1n) is 3.29. The van der Waals surface area contributed by atoms with Gasteiger partial charge in [0.2, 0.25) is 0 Å². The Morgan fingerprint density at radius 3 is 2.90 bits per heavy atom. The van der Waals surface area contributed by atoms with Crippen LogP contribution in [-0.4, -0.2) is 12.3 Å². The smallest absolute Gasteiger partial charge is 0.426 e. The molecular formula is C7H10O3. The zero-order chi connectivity index (χ0) is 7.56. The van der Waals surface area contributed by atoms with Gasteiger partial charge < -0.3 is 9.47 Å². The summed E-state index contributed by atoms with van der Waals surface area (Å²) in [5, 5.41) is 0. The largest absolute Gasteiger partial charge is 0.514 e. The van der Waals surface area contributed by atoms with Gasteiger partial charge in [-0.05, 0) is 19.4 Å². The quantitative estimate of drug-likeness (QED) is 0.524. The Morgan fingerprint density at radius 1 is 1.70 bits per heavy atom. The summed E-state index contributed by atoms with van der Waals surface area (Å²) in [4.78, 5) is 10.6. The second kappa shape index (κ2) is 2.73. The lowest BCUT2D eigenvalue weighted by atomic mass is 10.2. The minimum absolute atomic E-state index is 0.0961. The molecule has 0 fully saturated rings. The van der Waals surface area contributed by atoms with E-state index >= 15 is 0 Å². The summed E-state index contributed by atoms with van der Waals surface area (Å²) in [6.45, 7) is 3.69. The van der Waals surface area contributed by atoms with Crippen LogP contribution in [0.4, 0.5) is 4.79 Å². The molecule has 0 bridgehead atoms. The van der Waals surface area contributed by atoms with Crippen LogP contribution in [0.3, 0.4) is 0 Å². The third-order valence-electron chi connectivity index (χ3n) is 1.31. The summed E-state index contributed by atoms with van der Waals surface area (Å²) in [6.07, 6.45) is 1.90. The van der Waals surface area contributed by atoms with Crippen LogP contribution < -0.4 is 0 Å². The Morgan fingerprint density at radius 2 is 2.40 bits per heavy atom. The summed E-state index contributed by atoms with van der Waals surface area (Å²) < 4.78 is 9.39. The van der Waals surface area contributed by atoms with E-state index in [0.29, 0.717) is 5.76 Å². The van der Waals surface area contributed by atoms with Crippen molar-refractivity contribution in [2.24, 2.45) is 0 Å². The fourth-order valence-corrected chi connectivity index (χ4v) is 0.810. The van der Waals surface area contributed by atoms with E-state index in [9.17, 15) is 4.79 Å². The van der Waals surface area contributed by atoms with E-state index in [1.165, 1.54) is 0 Å². The Kier molecular flexibility index (Phi) is 1.94. The second-order valence-corrected chi connectivity index (χ2v) is 2.19. The van der Waals surface area contributed by atoms with Gasteiger partial charge in [-0.3, -0.25) is 0 Å². The lowest BCUT2D eigenvalue weighted by molar-refractivity contribution is 0.0392. The topological polar surface area (TPSA) is 35.5 Å². The van der Waals surface area contributed by atoms with Crippen molar-refractivity contribution >= 4 is 6.16 Å². The maximum atomic E-state index is 10.6. The van der Waals surface area contributed by atoms with E-state index in [1.54, 1.807) is 13.0 Å². The van der Waals surface area contributed by atoms with Gasteiger partial charge in [0, 0.05) is 0 Å². The SMILES string of the molecule is CCC1C=C(C)OC(=O)O1. The van der Waals surface area contributed by atoms with Crippen LogP contribution in [0.5, 0.6) is 0 Å². The van der Waals surface area contributed by atoms with E-state index in [2.05, 4.69) is 4.74 Å². The molecule has 1 rings (SSSR count). The maximum absolute atomic E-state index is 10.6. The Hall–Kier alpha value is -0.990. The third kappa shape index (κ3) is 1.50. The summed E-state index contributed by atoms with van der Waals surface area (Å²) in [6, 6.07) is 0. The Labute approximate surface area is 59.6 Å². The molecule has 0 radical (unpaired) electrons. The van der Waals surface area contributed by atoms with Crippen LogP contribution >= 0.6 is 0 Å². The lowest BCUT2D eigenvalue weighted by Gasteiger charge is -2.17. The number of rotatable bonds is 1. The van der Waals surface area contributed by atoms with Crippen molar-refractivity contribution in [3.8, 4) is 0 Å². The predicted molar refractivity (Wildman–Crippen MR) is 35.4 cm³/mol. The van der Waals surface area contributed by atoms with Gasteiger partial charge in [0.15, 0.2) is 0 Å². The third-order valence-corrected chi connectivity index (χ3v) is 1.31. The molecule has 0 aliphatic carbocycles. The minimum atomic E-state index is -0.591. The maximum Gasteiger partial charge on any atom is 0.514 e. The standard InChI is InChI=1S/C7H10O3/c1-3-6-4-5(2)9-7(8)10-6/h4,6H,3H2,1-2H3. The summed E-state index contributed by atoms with van der Waals surface area (Å²) in [7, 11) is 0. The average molecular weight is 142 g/mol. The van der Waals surface area contributed by atoms with Crippen LogP contribution in [0.25, 0.3) is 0 Å². The predicted octanol–water partition coefficient (Wildman–Crippen LogP) is 1.84. The monoisotopic (exact) mass is 142 g/mol. The molecule has 3 heteroatoms. The van der Waals surface area contributed by atoms with Crippen LogP contribution in [0.2, 0.25) is 0 Å². The van der Waals surface area contributed by atoms with E-state index in [1.807, 2.05) is 6.92 Å². The molecule has 0 saturated carbocycles. The molecule has 1 aliphatic heterocycles. The molecule has 0 amide bonds. The van der Waals surface area contributed by atoms with Crippen LogP contribution in [0.15, 0.2) is 11.8 Å². The van der Waals surface area contributed by atoms with E-state index in [0.717, 1.165) is 6.42 Å². The molecule has 0 aromatic heterocycles. The Bertz CT molecular complexity index is 172. The van der Waals surface area contributed by atoms with Crippen molar-refractivity contribution in [2.45, 2.75) is 26.4 Å². The molecule has 1 aliphatic rings. The van der Waals surface area contributed by atoms with Gasteiger partial charge in [0.05, 0.1) is 0 Å². The van der Waals surface area contributed by atoms with Gasteiger partial charge in [0.1, 0.15) is 11.9 Å². The normalized spacial score (nSPS) is 24.8. The highest BCUT2D eigenvalue weighted by molar-refractivity contribution is 5.62. The lowest BCUT2D eigenvalue weighted by Crippen LogP contribution is -2.21. The summed E-state index contributed by atoms with van der Waals surface area (Å²) in [5.74, 6) is 0.628. The van der Waals surface area contributed by atoms with Gasteiger partial charge >= 0.3 is 6.16 Å². The molecule has 0 aromatic carbocycles. The number of hydrogen-bond donors (Lipinski definition) is 0. The molecular weight excluding hydrogens is 132 g/mol. The van der Waals surface area contributed by atoms with Crippen molar-refractivity contribution in [3.05, 3.63) is 11.8 Å². The number of carbonyl (C=O) groups is 1. The van der Waals surface area contributed by atoms with Crippen LogP contribution in [0, 0.1) is 0 Å². The molecule has 1 heterocycles. The molecule has 0 saturated heterocycles. The summed E-state index contributed by atoms with van der Waals surface area (Å²) >= 11 is 0. The molecule has 56 valence electrons. The van der Waals surface area contributed by atoms with E-state index in [4.69, 9.17) is 4.74 Å². The fraction of sp³-hybridized carbons (Fsp3) is 0.571. The zero-order valence-corrected chi connectivity index (χ0v) is 6.09. The second-order valence-electron chi connectivity index (χ2n) is 2.19. The van der Waals surface area contributed by atoms with Gasteiger partial charge in [0.25, 0.3) is 0 Å². The highest BCUT2D eigenvalue weighted by Crippen LogP contribution is 2.13. The average Bonchev–Trinajstić information content (AvgIpc) is 1.85. The zero-order valence-electron chi connectivity index (χ0n) is 6.09. The molecule has 3 nitrogen and oxygen atoms in total. The van der Waals surface area contributed by atoms with Gasteiger partial charge in [-0.1, -0.05) is 6.92 Å². The van der Waals surface area contributed by atoms with Crippen LogP contribution in [-0.2, 0) is 9.47 Å². The van der Waals surface area contributed by atoms with Crippen molar-refractivity contribution in [3.63, 3.8) is 0 Å². The number of hydrogen-bond acceptors (Lipinski definition) is 3. The first-order valence-corrected chi connectivity index (χ1v) is 3.29. The number of allylic oxidation sites excluding steroid dienone is 1. The number of ether oxygens (including phenoxy) is 2. The van der Waals surface area contributed by atoms with E-state index < -0.39 is 6.16 Å². The highest BCUT2D eigenvalue weighted by atomic mass is 16.7. The first kappa shape index (κ1) is 7.12. The molecule has 0 N–H and O–H groups in total. The summed E-state index contributed by atoms with van der Waals surface area (Å²) in [5.41, 5.74) is 0. The van der Waals surface area contributed by atoms with Crippen molar-refractivity contribution in [2.75, 3.05) is 0 Å². The first-order chi connectivity index (χ1) is 4.72. The molecule has 1 atom stereocenters. The van der Waals surface area contributed by atoms with Gasteiger partial charge in [-0.25, -0.2) is 4.79 Å². The van der Waals surface area contributed by atoms with Crippen LogP contribution in [0.1, 0.15) is 20.3 Å². The number of cyclic esters (lactones) is 2. The molecule has 1 unspecified atom stereocenters. The van der Waals surface area contributed by atoms with E-state index in [-0.39, 0.29) is 6.10 Å².